The van der Waals surface area contributed by atoms with Gasteiger partial charge in [-0.1, -0.05) is 72.8 Å². The summed E-state index contributed by atoms with van der Waals surface area (Å²) in [6, 6.07) is 28.0. The number of benzene rings is 3. The SMILES string of the molecule is COCCCn1nc(CN(C(=O)[C@H]2CNCC[C@@H]2c2cccc(-c3ccccc3)c2)C2CC2)c2ccccc21. The van der Waals surface area contributed by atoms with Crippen LogP contribution in [0.15, 0.2) is 78.9 Å². The molecule has 1 saturated heterocycles. The van der Waals surface area contributed by atoms with Crippen LogP contribution in [0.4, 0.5) is 0 Å². The molecule has 0 bridgehead atoms. The topological polar surface area (TPSA) is 59.4 Å². The maximum absolute atomic E-state index is 14.3. The van der Waals surface area contributed by atoms with E-state index in [0.29, 0.717) is 25.7 Å². The number of piperidine rings is 1. The summed E-state index contributed by atoms with van der Waals surface area (Å²) in [5, 5.41) is 9.68. The van der Waals surface area contributed by atoms with Gasteiger partial charge in [0, 0.05) is 38.2 Å². The second-order valence-corrected chi connectivity index (χ2v) is 10.9. The average molecular weight is 523 g/mol. The van der Waals surface area contributed by atoms with Gasteiger partial charge in [0.2, 0.25) is 5.91 Å². The summed E-state index contributed by atoms with van der Waals surface area (Å²) in [7, 11) is 1.73. The van der Waals surface area contributed by atoms with Gasteiger partial charge in [0.05, 0.1) is 23.7 Å². The molecule has 6 heteroatoms. The van der Waals surface area contributed by atoms with Gasteiger partial charge in [0.15, 0.2) is 0 Å². The van der Waals surface area contributed by atoms with E-state index in [4.69, 9.17) is 9.84 Å². The van der Waals surface area contributed by atoms with Gasteiger partial charge in [-0.15, -0.1) is 0 Å². The molecule has 2 fully saturated rings. The van der Waals surface area contributed by atoms with Gasteiger partial charge in [0.25, 0.3) is 0 Å². The molecule has 1 aliphatic carbocycles. The van der Waals surface area contributed by atoms with Crippen molar-refractivity contribution in [3.63, 3.8) is 0 Å². The summed E-state index contributed by atoms with van der Waals surface area (Å²) in [6.45, 7) is 3.73. The van der Waals surface area contributed by atoms with E-state index in [1.54, 1.807) is 7.11 Å². The van der Waals surface area contributed by atoms with Crippen molar-refractivity contribution in [3.05, 3.63) is 90.1 Å². The predicted octanol–water partition coefficient (Wildman–Crippen LogP) is 5.62. The van der Waals surface area contributed by atoms with E-state index in [9.17, 15) is 4.79 Å². The second-order valence-electron chi connectivity index (χ2n) is 10.9. The number of aromatic nitrogens is 2. The van der Waals surface area contributed by atoms with Crippen LogP contribution in [0.2, 0.25) is 0 Å². The van der Waals surface area contributed by atoms with Gasteiger partial charge in [-0.05, 0) is 60.9 Å². The Kier molecular flexibility index (Phi) is 7.75. The average Bonchev–Trinajstić information content (AvgIpc) is 3.78. The zero-order valence-electron chi connectivity index (χ0n) is 22.8. The van der Waals surface area contributed by atoms with Crippen LogP contribution in [0.3, 0.4) is 0 Å². The Bertz CT molecular complexity index is 1410. The first kappa shape index (κ1) is 25.8. The number of aryl methyl sites for hydroxylation is 1. The molecule has 1 amide bonds. The van der Waals surface area contributed by atoms with E-state index in [-0.39, 0.29) is 17.7 Å². The lowest BCUT2D eigenvalue weighted by molar-refractivity contribution is -0.138. The molecule has 1 aliphatic heterocycles. The van der Waals surface area contributed by atoms with Gasteiger partial charge in [-0.2, -0.15) is 5.10 Å². The number of carbonyl (C=O) groups excluding carboxylic acids is 1. The molecule has 1 saturated carbocycles. The Labute approximate surface area is 231 Å². The Morgan fingerprint density at radius 3 is 2.62 bits per heavy atom. The first-order valence-electron chi connectivity index (χ1n) is 14.3. The fraction of sp³-hybridized carbons (Fsp3) is 0.394. The molecule has 6 rings (SSSR count). The standard InChI is InChI=1S/C33H38N4O2/c1-39-20-8-19-37-32-14-6-5-13-29(32)31(35-37)23-36(27-15-16-27)33(38)30-22-34-18-17-28(30)26-12-7-11-25(21-26)24-9-3-2-4-10-24/h2-7,9-14,21,27-28,30,34H,8,15-20,22-23H2,1H3/t28-,30+/m1/s1. The first-order valence-corrected chi connectivity index (χ1v) is 14.3. The van der Waals surface area contributed by atoms with Crippen molar-refractivity contribution in [2.24, 2.45) is 5.92 Å². The number of nitrogens with one attached hydrogen (secondary N) is 1. The maximum atomic E-state index is 14.3. The number of fused-ring (bicyclic) bond motifs is 1. The number of hydrogen-bond donors (Lipinski definition) is 1. The lowest BCUT2D eigenvalue weighted by Crippen LogP contribution is -2.47. The van der Waals surface area contributed by atoms with Crippen LogP contribution in [-0.4, -0.2) is 53.4 Å². The van der Waals surface area contributed by atoms with Gasteiger partial charge in [-0.3, -0.25) is 9.48 Å². The molecule has 0 unspecified atom stereocenters. The normalized spacial score (nSPS) is 19.3. The molecule has 2 atom stereocenters. The molecular weight excluding hydrogens is 484 g/mol. The van der Waals surface area contributed by atoms with Crippen LogP contribution in [0, 0.1) is 5.92 Å². The fourth-order valence-corrected chi connectivity index (χ4v) is 6.09. The van der Waals surface area contributed by atoms with Crippen LogP contribution in [-0.2, 0) is 22.6 Å². The van der Waals surface area contributed by atoms with E-state index in [1.165, 1.54) is 16.7 Å². The Morgan fingerprint density at radius 1 is 1.00 bits per heavy atom. The Hall–Kier alpha value is -3.48. The summed E-state index contributed by atoms with van der Waals surface area (Å²) in [4.78, 5) is 16.5. The lowest BCUT2D eigenvalue weighted by atomic mass is 9.79. The van der Waals surface area contributed by atoms with E-state index in [0.717, 1.165) is 55.4 Å². The van der Waals surface area contributed by atoms with Crippen LogP contribution in [0.1, 0.15) is 42.9 Å². The lowest BCUT2D eigenvalue weighted by Gasteiger charge is -2.35. The van der Waals surface area contributed by atoms with E-state index < -0.39 is 0 Å². The number of para-hydroxylation sites is 1. The van der Waals surface area contributed by atoms with E-state index in [1.807, 2.05) is 6.07 Å². The van der Waals surface area contributed by atoms with Gasteiger partial charge in [-0.25, -0.2) is 0 Å². The third kappa shape index (κ3) is 5.63. The van der Waals surface area contributed by atoms with E-state index >= 15 is 0 Å². The minimum atomic E-state index is -0.0829. The zero-order chi connectivity index (χ0) is 26.6. The number of carbonyl (C=O) groups is 1. The number of amides is 1. The van der Waals surface area contributed by atoms with Gasteiger partial charge >= 0.3 is 0 Å². The molecule has 2 aliphatic rings. The molecule has 39 heavy (non-hydrogen) atoms. The van der Waals surface area contributed by atoms with Crippen molar-refractivity contribution in [2.45, 2.75) is 50.7 Å². The molecular formula is C33H38N4O2. The highest BCUT2D eigenvalue weighted by molar-refractivity contribution is 5.84. The van der Waals surface area contributed by atoms with Crippen molar-refractivity contribution in [1.82, 2.24) is 20.0 Å². The van der Waals surface area contributed by atoms with Crippen molar-refractivity contribution in [1.29, 1.82) is 0 Å². The van der Waals surface area contributed by atoms with Crippen LogP contribution >= 0.6 is 0 Å². The summed E-state index contributed by atoms with van der Waals surface area (Å²) < 4.78 is 7.35. The number of hydrogen-bond acceptors (Lipinski definition) is 4. The molecule has 0 spiro atoms. The highest BCUT2D eigenvalue weighted by Gasteiger charge is 2.40. The molecule has 0 radical (unpaired) electrons. The minimum absolute atomic E-state index is 0.0829. The van der Waals surface area contributed by atoms with Crippen molar-refractivity contribution in [3.8, 4) is 11.1 Å². The Morgan fingerprint density at radius 2 is 1.79 bits per heavy atom. The first-order chi connectivity index (χ1) is 19.2. The zero-order valence-corrected chi connectivity index (χ0v) is 22.8. The van der Waals surface area contributed by atoms with Crippen molar-refractivity contribution < 1.29 is 9.53 Å². The van der Waals surface area contributed by atoms with Crippen LogP contribution < -0.4 is 5.32 Å². The third-order valence-corrected chi connectivity index (χ3v) is 8.26. The number of rotatable bonds is 10. The largest absolute Gasteiger partial charge is 0.385 e. The monoisotopic (exact) mass is 522 g/mol. The highest BCUT2D eigenvalue weighted by Crippen LogP contribution is 2.37. The molecule has 1 N–H and O–H groups in total. The molecule has 3 aromatic carbocycles. The smallest absolute Gasteiger partial charge is 0.228 e. The summed E-state index contributed by atoms with van der Waals surface area (Å²) in [6.07, 6.45) is 4.02. The van der Waals surface area contributed by atoms with Crippen molar-refractivity contribution in [2.75, 3.05) is 26.8 Å². The van der Waals surface area contributed by atoms with Crippen molar-refractivity contribution >= 4 is 16.8 Å². The van der Waals surface area contributed by atoms with Gasteiger partial charge in [0.1, 0.15) is 0 Å². The predicted molar refractivity (Wildman–Crippen MR) is 155 cm³/mol. The molecule has 6 nitrogen and oxygen atoms in total. The number of methoxy groups -OCH3 is 1. The maximum Gasteiger partial charge on any atom is 0.228 e. The molecule has 2 heterocycles. The number of nitrogens with zero attached hydrogens (tertiary/aromatic N) is 3. The fourth-order valence-electron chi connectivity index (χ4n) is 6.09. The molecule has 4 aromatic rings. The van der Waals surface area contributed by atoms with E-state index in [2.05, 4.69) is 87.7 Å². The number of ether oxygens (including phenoxy) is 1. The van der Waals surface area contributed by atoms with Crippen LogP contribution in [0.5, 0.6) is 0 Å². The Balaban J connectivity index is 1.27. The quantitative estimate of drug-likeness (QED) is 0.275. The van der Waals surface area contributed by atoms with Crippen LogP contribution in [0.25, 0.3) is 22.0 Å². The summed E-state index contributed by atoms with van der Waals surface area (Å²) in [5.74, 6) is 0.380. The summed E-state index contributed by atoms with van der Waals surface area (Å²) >= 11 is 0. The highest BCUT2D eigenvalue weighted by atomic mass is 16.5. The summed E-state index contributed by atoms with van der Waals surface area (Å²) in [5.41, 5.74) is 5.81. The second kappa shape index (κ2) is 11.7. The minimum Gasteiger partial charge on any atom is -0.385 e. The third-order valence-electron chi connectivity index (χ3n) is 8.26. The molecule has 1 aromatic heterocycles. The molecule has 202 valence electrons. The van der Waals surface area contributed by atoms with Gasteiger partial charge < -0.3 is 15.0 Å².